The van der Waals surface area contributed by atoms with E-state index in [-0.39, 0.29) is 18.3 Å². The summed E-state index contributed by atoms with van der Waals surface area (Å²) in [4.78, 5) is 14.3. The molecule has 2 heterocycles. The van der Waals surface area contributed by atoms with Crippen molar-refractivity contribution < 1.29 is 22.6 Å². The summed E-state index contributed by atoms with van der Waals surface area (Å²) in [6, 6.07) is 6.52. The maximum atomic E-state index is 13.8. The van der Waals surface area contributed by atoms with Crippen LogP contribution in [0.3, 0.4) is 0 Å². The van der Waals surface area contributed by atoms with E-state index in [9.17, 15) is 18.0 Å². The fourth-order valence-electron chi connectivity index (χ4n) is 3.50. The van der Waals surface area contributed by atoms with Crippen LogP contribution in [0, 0.1) is 0 Å². The van der Waals surface area contributed by atoms with E-state index >= 15 is 0 Å². The molecule has 1 fully saturated rings. The predicted molar refractivity (Wildman–Crippen MR) is 97.8 cm³/mol. The first kappa shape index (κ1) is 20.2. The van der Waals surface area contributed by atoms with E-state index < -0.39 is 17.3 Å². The average Bonchev–Trinajstić information content (AvgIpc) is 3.11. The van der Waals surface area contributed by atoms with Crippen LogP contribution >= 0.6 is 0 Å². The van der Waals surface area contributed by atoms with Gasteiger partial charge in [0.2, 0.25) is 0 Å². The minimum atomic E-state index is -4.78. The maximum absolute atomic E-state index is 13.8. The molecule has 1 aromatic heterocycles. The Kier molecular flexibility index (Phi) is 5.93. The van der Waals surface area contributed by atoms with E-state index in [0.717, 1.165) is 17.3 Å². The molecule has 1 aromatic carbocycles. The van der Waals surface area contributed by atoms with Crippen molar-refractivity contribution in [1.29, 1.82) is 0 Å². The lowest BCUT2D eigenvalue weighted by Gasteiger charge is -2.28. The fraction of sp³-hybridized carbons (Fsp3) is 0.474. The Labute approximate surface area is 160 Å². The fourth-order valence-corrected chi connectivity index (χ4v) is 3.50. The summed E-state index contributed by atoms with van der Waals surface area (Å²) in [5.41, 5.74) is -1.86. The Balaban J connectivity index is 1.99. The van der Waals surface area contributed by atoms with Gasteiger partial charge in [-0.15, -0.1) is 0 Å². The third-order valence-electron chi connectivity index (χ3n) is 4.84. The topological polar surface area (TPSA) is 56.6 Å². The van der Waals surface area contributed by atoms with Crippen molar-refractivity contribution in [2.75, 3.05) is 32.3 Å². The molecule has 0 saturated carbocycles. The van der Waals surface area contributed by atoms with Gasteiger partial charge in [-0.25, -0.2) is 4.68 Å². The van der Waals surface area contributed by atoms with Crippen LogP contribution in [-0.2, 0) is 17.5 Å². The first-order chi connectivity index (χ1) is 13.3. The van der Waals surface area contributed by atoms with Crippen molar-refractivity contribution in [2.45, 2.75) is 31.6 Å². The molecule has 0 bridgehead atoms. The lowest BCUT2D eigenvalue weighted by Crippen LogP contribution is -2.39. The highest BCUT2D eigenvalue weighted by Gasteiger charge is 2.41. The van der Waals surface area contributed by atoms with Crippen LogP contribution < -0.4 is 15.2 Å². The molecule has 0 amide bonds. The number of hydrogen-bond donors (Lipinski definition) is 0. The number of hydrogen-bond acceptors (Lipinski definition) is 5. The second kappa shape index (κ2) is 8.22. The van der Waals surface area contributed by atoms with Gasteiger partial charge >= 0.3 is 6.18 Å². The molecule has 1 aliphatic rings. The molecule has 0 spiro atoms. The van der Waals surface area contributed by atoms with Crippen molar-refractivity contribution in [3.63, 3.8) is 0 Å². The number of alkyl halides is 3. The third-order valence-corrected chi connectivity index (χ3v) is 4.84. The normalized spacial score (nSPS) is 17.2. The van der Waals surface area contributed by atoms with Gasteiger partial charge in [-0.05, 0) is 30.5 Å². The second-order valence-corrected chi connectivity index (χ2v) is 6.66. The predicted octanol–water partition coefficient (Wildman–Crippen LogP) is 2.93. The van der Waals surface area contributed by atoms with Gasteiger partial charge in [-0.3, -0.25) is 4.79 Å². The standard InChI is InChI=1S/C19H22F3N3O3/c1-27-12-14-4-3-9-24(14)16-10-23-25(18(26)17(16)19(20,21)22)11-13-5-7-15(28-2)8-6-13/h5-8,10,14H,3-4,9,11-12H2,1-2H3/t14-/m0/s1. The molecule has 0 unspecified atom stereocenters. The van der Waals surface area contributed by atoms with Crippen LogP contribution in [0.15, 0.2) is 35.3 Å². The summed E-state index contributed by atoms with van der Waals surface area (Å²) in [6.07, 6.45) is -2.20. The Hall–Kier alpha value is -2.55. The monoisotopic (exact) mass is 397 g/mol. The zero-order valence-corrected chi connectivity index (χ0v) is 15.7. The SMILES string of the molecule is COC[C@@H]1CCCN1c1cnn(Cc2ccc(OC)cc2)c(=O)c1C(F)(F)F. The van der Waals surface area contributed by atoms with Crippen LogP contribution in [0.4, 0.5) is 18.9 Å². The second-order valence-electron chi connectivity index (χ2n) is 6.66. The van der Waals surface area contributed by atoms with Crippen LogP contribution in [-0.4, -0.2) is 43.2 Å². The molecule has 152 valence electrons. The molecule has 2 aromatic rings. The van der Waals surface area contributed by atoms with Gasteiger partial charge in [0.1, 0.15) is 11.3 Å². The van der Waals surface area contributed by atoms with Gasteiger partial charge in [0.05, 0.1) is 38.2 Å². The van der Waals surface area contributed by atoms with Crippen molar-refractivity contribution >= 4 is 5.69 Å². The summed E-state index contributed by atoms with van der Waals surface area (Å²) in [5.74, 6) is 0.619. The largest absolute Gasteiger partial charge is 0.497 e. The number of benzene rings is 1. The number of halogens is 3. The summed E-state index contributed by atoms with van der Waals surface area (Å²) >= 11 is 0. The van der Waals surface area contributed by atoms with E-state index in [4.69, 9.17) is 9.47 Å². The smallest absolute Gasteiger partial charge is 0.423 e. The molecular weight excluding hydrogens is 375 g/mol. The van der Waals surface area contributed by atoms with Gasteiger partial charge in [-0.1, -0.05) is 12.1 Å². The van der Waals surface area contributed by atoms with Gasteiger partial charge in [0, 0.05) is 13.7 Å². The maximum Gasteiger partial charge on any atom is 0.423 e. The summed E-state index contributed by atoms with van der Waals surface area (Å²) in [5, 5.41) is 4.02. The average molecular weight is 397 g/mol. The van der Waals surface area contributed by atoms with Crippen molar-refractivity contribution in [2.24, 2.45) is 0 Å². The Morgan fingerprint density at radius 1 is 1.21 bits per heavy atom. The number of rotatable bonds is 6. The zero-order valence-electron chi connectivity index (χ0n) is 15.7. The highest BCUT2D eigenvalue weighted by Crippen LogP contribution is 2.36. The molecule has 9 heteroatoms. The third kappa shape index (κ3) is 4.14. The van der Waals surface area contributed by atoms with E-state index in [2.05, 4.69) is 5.10 Å². The minimum absolute atomic E-state index is 0.0618. The Morgan fingerprint density at radius 3 is 2.54 bits per heavy atom. The molecule has 0 radical (unpaired) electrons. The Morgan fingerprint density at radius 2 is 1.93 bits per heavy atom. The van der Waals surface area contributed by atoms with Crippen LogP contribution in [0.25, 0.3) is 0 Å². The molecule has 0 N–H and O–H groups in total. The summed E-state index contributed by atoms with van der Waals surface area (Å²) < 4.78 is 52.4. The van der Waals surface area contributed by atoms with Crippen molar-refractivity contribution in [3.8, 4) is 5.75 Å². The molecule has 0 aliphatic carbocycles. The zero-order chi connectivity index (χ0) is 20.3. The number of aromatic nitrogens is 2. The highest BCUT2D eigenvalue weighted by molar-refractivity contribution is 5.54. The van der Waals surface area contributed by atoms with Crippen molar-refractivity contribution in [3.05, 3.63) is 51.9 Å². The lowest BCUT2D eigenvalue weighted by molar-refractivity contribution is -0.138. The first-order valence-electron chi connectivity index (χ1n) is 8.91. The van der Waals surface area contributed by atoms with Crippen molar-refractivity contribution in [1.82, 2.24) is 9.78 Å². The summed E-state index contributed by atoms with van der Waals surface area (Å²) in [7, 11) is 3.02. The van der Waals surface area contributed by atoms with Crippen LogP contribution in [0.5, 0.6) is 5.75 Å². The number of anilines is 1. The molecule has 3 rings (SSSR count). The Bertz CT molecular complexity index is 865. The van der Waals surface area contributed by atoms with Crippen LogP contribution in [0.1, 0.15) is 24.0 Å². The summed E-state index contributed by atoms with van der Waals surface area (Å²) in [6.45, 7) is 0.667. The molecular formula is C19H22F3N3O3. The lowest BCUT2D eigenvalue weighted by atomic mass is 10.1. The molecule has 28 heavy (non-hydrogen) atoms. The molecule has 6 nitrogen and oxygen atoms in total. The van der Waals surface area contributed by atoms with E-state index in [1.165, 1.54) is 14.2 Å². The highest BCUT2D eigenvalue weighted by atomic mass is 19.4. The minimum Gasteiger partial charge on any atom is -0.497 e. The number of methoxy groups -OCH3 is 2. The molecule has 1 aliphatic heterocycles. The van der Waals surface area contributed by atoms with E-state index in [1.807, 2.05) is 0 Å². The first-order valence-corrected chi connectivity index (χ1v) is 8.91. The van der Waals surface area contributed by atoms with Gasteiger partial charge < -0.3 is 14.4 Å². The molecule has 1 atom stereocenters. The van der Waals surface area contributed by atoms with E-state index in [0.29, 0.717) is 30.9 Å². The van der Waals surface area contributed by atoms with Gasteiger partial charge in [0.25, 0.3) is 5.56 Å². The number of ether oxygens (including phenoxy) is 2. The van der Waals surface area contributed by atoms with Gasteiger partial charge in [-0.2, -0.15) is 18.3 Å². The quantitative estimate of drug-likeness (QED) is 0.750. The molecule has 1 saturated heterocycles. The van der Waals surface area contributed by atoms with E-state index in [1.54, 1.807) is 29.2 Å². The van der Waals surface area contributed by atoms with Gasteiger partial charge in [0.15, 0.2) is 0 Å². The number of nitrogens with zero attached hydrogens (tertiary/aromatic N) is 3. The van der Waals surface area contributed by atoms with Crippen LogP contribution in [0.2, 0.25) is 0 Å².